The van der Waals surface area contributed by atoms with E-state index in [1.54, 1.807) is 0 Å². The van der Waals surface area contributed by atoms with Gasteiger partial charge in [-0.25, -0.2) is 14.9 Å². The predicted octanol–water partition coefficient (Wildman–Crippen LogP) is -0.272. The number of hydrazine groups is 1. The Balaban J connectivity index is 4.25. The van der Waals surface area contributed by atoms with Crippen molar-refractivity contribution in [3.63, 3.8) is 0 Å². The normalized spacial score (nSPS) is 7.60. The standard InChI is InChI=1S/C3H3N3O4/c1-10-3(7)5(2-4)6(8)9/h1H3. The minimum absolute atomic E-state index is 0.319. The number of nitriles is 1. The lowest BCUT2D eigenvalue weighted by Crippen LogP contribution is -2.31. The monoisotopic (exact) mass is 145 g/mol. The number of ether oxygens (including phenoxy) is 1. The second-order valence-corrected chi connectivity index (χ2v) is 1.12. The molecule has 0 unspecified atom stereocenters. The molecule has 0 aliphatic carbocycles. The zero-order valence-electron chi connectivity index (χ0n) is 4.97. The van der Waals surface area contributed by atoms with Gasteiger partial charge in [0.05, 0.1) is 12.1 Å². The molecular weight excluding hydrogens is 142 g/mol. The minimum Gasteiger partial charge on any atom is -0.448 e. The molecule has 54 valence electrons. The Morgan fingerprint density at radius 3 is 2.50 bits per heavy atom. The molecule has 0 aromatic heterocycles. The van der Waals surface area contributed by atoms with Crippen LogP contribution < -0.4 is 0 Å². The Morgan fingerprint density at radius 2 is 2.40 bits per heavy atom. The first kappa shape index (κ1) is 8.16. The van der Waals surface area contributed by atoms with Gasteiger partial charge in [-0.2, -0.15) is 5.26 Å². The quantitative estimate of drug-likeness (QED) is 0.219. The van der Waals surface area contributed by atoms with E-state index in [4.69, 9.17) is 5.26 Å². The Kier molecular flexibility index (Phi) is 2.64. The molecule has 7 nitrogen and oxygen atoms in total. The topological polar surface area (TPSA) is 96.5 Å². The van der Waals surface area contributed by atoms with Crippen LogP contribution >= 0.6 is 0 Å². The molecule has 0 bridgehead atoms. The maximum atomic E-state index is 10.2. The van der Waals surface area contributed by atoms with Gasteiger partial charge in [0.2, 0.25) is 0 Å². The summed E-state index contributed by atoms with van der Waals surface area (Å²) < 4.78 is 3.89. The second-order valence-electron chi connectivity index (χ2n) is 1.12. The lowest BCUT2D eigenvalue weighted by Gasteiger charge is -1.98. The van der Waals surface area contributed by atoms with Gasteiger partial charge < -0.3 is 4.74 Å². The molecule has 7 heteroatoms. The van der Waals surface area contributed by atoms with Crippen LogP contribution in [-0.4, -0.2) is 23.2 Å². The van der Waals surface area contributed by atoms with Crippen molar-refractivity contribution < 1.29 is 14.6 Å². The Hall–Kier alpha value is -1.84. The summed E-state index contributed by atoms with van der Waals surface area (Å²) in [6.07, 6.45) is -0.301. The van der Waals surface area contributed by atoms with Crippen molar-refractivity contribution in [1.29, 1.82) is 5.26 Å². The molecule has 0 radical (unpaired) electrons. The number of hydrogen-bond acceptors (Lipinski definition) is 5. The largest absolute Gasteiger partial charge is 0.483 e. The van der Waals surface area contributed by atoms with Gasteiger partial charge in [0.15, 0.2) is 5.03 Å². The molecule has 0 aliphatic heterocycles. The van der Waals surface area contributed by atoms with Crippen LogP contribution in [0.25, 0.3) is 0 Å². The number of hydrogen-bond donors (Lipinski definition) is 0. The van der Waals surface area contributed by atoms with E-state index < -0.39 is 11.1 Å². The summed E-state index contributed by atoms with van der Waals surface area (Å²) in [5.41, 5.74) is 0. The maximum absolute atomic E-state index is 10.2. The van der Waals surface area contributed by atoms with E-state index in [9.17, 15) is 14.9 Å². The average Bonchev–Trinajstić information content (AvgIpc) is 1.88. The number of nitro groups is 1. The van der Waals surface area contributed by atoms with Gasteiger partial charge in [-0.05, 0) is 0 Å². The van der Waals surface area contributed by atoms with Gasteiger partial charge in [-0.3, -0.25) is 0 Å². The van der Waals surface area contributed by atoms with Crippen LogP contribution in [0.3, 0.4) is 0 Å². The van der Waals surface area contributed by atoms with Crippen LogP contribution in [0.4, 0.5) is 4.79 Å². The Morgan fingerprint density at radius 1 is 1.90 bits per heavy atom. The van der Waals surface area contributed by atoms with E-state index in [0.717, 1.165) is 13.3 Å². The number of methoxy groups -OCH3 is 1. The summed E-state index contributed by atoms with van der Waals surface area (Å²) in [4.78, 5) is 20.0. The zero-order valence-corrected chi connectivity index (χ0v) is 4.97. The molecule has 0 heterocycles. The lowest BCUT2D eigenvalue weighted by molar-refractivity contribution is -0.616. The molecule has 1 amide bonds. The number of rotatable bonds is 1. The van der Waals surface area contributed by atoms with E-state index in [2.05, 4.69) is 4.74 Å². The second kappa shape index (κ2) is 3.24. The van der Waals surface area contributed by atoms with Crippen molar-refractivity contribution >= 4 is 6.09 Å². The smallest absolute Gasteiger partial charge is 0.448 e. The first-order chi connectivity index (χ1) is 4.63. The summed E-state index contributed by atoms with van der Waals surface area (Å²) in [7, 11) is 0.941. The molecule has 0 atom stereocenters. The third-order valence-electron chi connectivity index (χ3n) is 0.606. The van der Waals surface area contributed by atoms with Crippen molar-refractivity contribution in [3.8, 4) is 6.19 Å². The third kappa shape index (κ3) is 1.59. The zero-order chi connectivity index (χ0) is 8.15. The maximum Gasteiger partial charge on any atom is 0.483 e. The predicted molar refractivity (Wildman–Crippen MR) is 26.9 cm³/mol. The van der Waals surface area contributed by atoms with Crippen LogP contribution in [0, 0.1) is 21.6 Å². The van der Waals surface area contributed by atoms with Crippen molar-refractivity contribution in [1.82, 2.24) is 5.01 Å². The molecule has 0 aliphatic rings. The highest BCUT2D eigenvalue weighted by Gasteiger charge is 2.24. The molecular formula is C3H3N3O4. The van der Waals surface area contributed by atoms with Gasteiger partial charge in [0.25, 0.3) is 6.19 Å². The van der Waals surface area contributed by atoms with Gasteiger partial charge in [-0.1, -0.05) is 0 Å². The molecule has 0 N–H and O–H groups in total. The van der Waals surface area contributed by atoms with Crippen LogP contribution in [0.1, 0.15) is 0 Å². The van der Waals surface area contributed by atoms with Gasteiger partial charge >= 0.3 is 6.09 Å². The number of nitrogens with zero attached hydrogens (tertiary/aromatic N) is 3. The number of amides is 1. The van der Waals surface area contributed by atoms with Crippen LogP contribution in [0.15, 0.2) is 0 Å². The summed E-state index contributed by atoms with van der Waals surface area (Å²) in [6, 6.07) is 0. The fraction of sp³-hybridized carbons (Fsp3) is 0.333. The summed E-state index contributed by atoms with van der Waals surface area (Å²) in [5.74, 6) is 0. The highest BCUT2D eigenvalue weighted by Crippen LogP contribution is 1.88. The number of carbonyl (C=O) groups excluding carboxylic acids is 1. The van der Waals surface area contributed by atoms with Gasteiger partial charge in [-0.15, -0.1) is 0 Å². The lowest BCUT2D eigenvalue weighted by atomic mass is 11.0. The van der Waals surface area contributed by atoms with Gasteiger partial charge in [0, 0.05) is 0 Å². The fourth-order valence-electron chi connectivity index (χ4n) is 0.230. The first-order valence-electron chi connectivity index (χ1n) is 2.05. The minimum atomic E-state index is -1.31. The molecule has 0 rings (SSSR count). The van der Waals surface area contributed by atoms with E-state index in [1.807, 2.05) is 0 Å². The molecule has 0 fully saturated rings. The van der Waals surface area contributed by atoms with Crippen LogP contribution in [0.2, 0.25) is 0 Å². The highest BCUT2D eigenvalue weighted by atomic mass is 16.7. The molecule has 0 saturated carbocycles. The average molecular weight is 145 g/mol. The Labute approximate surface area is 55.5 Å². The Bertz CT molecular complexity index is 194. The van der Waals surface area contributed by atoms with Crippen molar-refractivity contribution in [3.05, 3.63) is 10.1 Å². The van der Waals surface area contributed by atoms with Crippen LogP contribution in [-0.2, 0) is 4.74 Å². The highest BCUT2D eigenvalue weighted by molar-refractivity contribution is 5.67. The fourth-order valence-corrected chi connectivity index (χ4v) is 0.230. The molecule has 0 aromatic rings. The molecule has 10 heavy (non-hydrogen) atoms. The molecule has 0 saturated heterocycles. The van der Waals surface area contributed by atoms with Gasteiger partial charge in [0.1, 0.15) is 0 Å². The summed E-state index contributed by atoms with van der Waals surface area (Å²) in [6.45, 7) is 0. The van der Waals surface area contributed by atoms with E-state index in [1.165, 1.54) is 0 Å². The summed E-state index contributed by atoms with van der Waals surface area (Å²) >= 11 is 0. The van der Waals surface area contributed by atoms with E-state index in [-0.39, 0.29) is 5.01 Å². The van der Waals surface area contributed by atoms with Crippen molar-refractivity contribution in [2.75, 3.05) is 7.11 Å². The SMILES string of the molecule is COC(=O)N(C#N)[N+](=O)[O-]. The van der Waals surface area contributed by atoms with Crippen molar-refractivity contribution in [2.24, 2.45) is 0 Å². The van der Waals surface area contributed by atoms with Crippen molar-refractivity contribution in [2.45, 2.75) is 0 Å². The third-order valence-corrected chi connectivity index (χ3v) is 0.606. The van der Waals surface area contributed by atoms with Crippen LogP contribution in [0.5, 0.6) is 0 Å². The number of carbonyl (C=O) groups is 1. The van der Waals surface area contributed by atoms with E-state index in [0.29, 0.717) is 0 Å². The first-order valence-corrected chi connectivity index (χ1v) is 2.05. The molecule has 0 spiro atoms. The molecule has 0 aromatic carbocycles. The van der Waals surface area contributed by atoms with E-state index >= 15 is 0 Å². The summed E-state index contributed by atoms with van der Waals surface area (Å²) in [5, 5.41) is 16.2.